The lowest BCUT2D eigenvalue weighted by Crippen LogP contribution is -2.32. The van der Waals surface area contributed by atoms with Crippen LogP contribution in [0, 0.1) is 6.92 Å². The summed E-state index contributed by atoms with van der Waals surface area (Å²) in [5.74, 6) is -1.52. The Balaban J connectivity index is 1.78. The number of carbonyl (C=O) groups excluding carboxylic acids is 3. The van der Waals surface area contributed by atoms with E-state index in [9.17, 15) is 14.4 Å². The molecule has 148 valence electrons. The number of hydrogen-bond donors (Lipinski definition) is 2. The van der Waals surface area contributed by atoms with Gasteiger partial charge in [-0.1, -0.05) is 17.7 Å². The van der Waals surface area contributed by atoms with E-state index in [2.05, 4.69) is 20.6 Å². The van der Waals surface area contributed by atoms with Gasteiger partial charge < -0.3 is 19.5 Å². The molecule has 0 aliphatic heterocycles. The Kier molecular flexibility index (Phi) is 7.26. The number of hydrogen-bond acceptors (Lipinski definition) is 8. The fourth-order valence-corrected chi connectivity index (χ4v) is 1.99. The average Bonchev–Trinajstić information content (AvgIpc) is 2.70. The van der Waals surface area contributed by atoms with Crippen molar-refractivity contribution in [2.45, 2.75) is 6.92 Å². The number of amides is 2. The van der Waals surface area contributed by atoms with Crippen LogP contribution in [0.2, 0.25) is 0 Å². The highest BCUT2D eigenvalue weighted by Crippen LogP contribution is 2.17. The molecule has 0 bridgehead atoms. The molecule has 2 N–H and O–H groups in total. The van der Waals surface area contributed by atoms with Crippen molar-refractivity contribution in [3.63, 3.8) is 0 Å². The largest absolute Gasteiger partial charge is 0.481 e. The third-order valence-corrected chi connectivity index (χ3v) is 3.42. The molecule has 0 spiro atoms. The molecule has 28 heavy (non-hydrogen) atoms. The van der Waals surface area contributed by atoms with Gasteiger partial charge in [0.05, 0.1) is 20.3 Å². The first-order valence-corrected chi connectivity index (χ1v) is 8.18. The van der Waals surface area contributed by atoms with Crippen molar-refractivity contribution in [3.05, 3.63) is 41.5 Å². The van der Waals surface area contributed by atoms with Gasteiger partial charge in [0.15, 0.2) is 6.61 Å². The van der Waals surface area contributed by atoms with Gasteiger partial charge in [-0.05, 0) is 19.1 Å². The van der Waals surface area contributed by atoms with Gasteiger partial charge in [0.25, 0.3) is 11.8 Å². The zero-order valence-electron chi connectivity index (χ0n) is 15.6. The van der Waals surface area contributed by atoms with E-state index in [1.807, 2.05) is 6.92 Å². The highest BCUT2D eigenvalue weighted by molar-refractivity contribution is 5.96. The fourth-order valence-electron chi connectivity index (χ4n) is 1.99. The number of esters is 1. The summed E-state index contributed by atoms with van der Waals surface area (Å²) < 4.78 is 14.7. The molecule has 0 atom stereocenters. The average molecular weight is 388 g/mol. The molecule has 0 unspecified atom stereocenters. The van der Waals surface area contributed by atoms with E-state index in [0.717, 1.165) is 5.56 Å². The number of aromatic nitrogens is 2. The lowest BCUT2D eigenvalue weighted by Gasteiger charge is -2.08. The van der Waals surface area contributed by atoms with E-state index in [-0.39, 0.29) is 24.3 Å². The summed E-state index contributed by atoms with van der Waals surface area (Å²) in [6.45, 7) is 0.961. The smallest absolute Gasteiger partial charge is 0.325 e. The molecule has 2 rings (SSSR count). The number of benzene rings is 1. The van der Waals surface area contributed by atoms with Crippen molar-refractivity contribution < 1.29 is 28.6 Å². The Labute approximate surface area is 161 Å². The monoisotopic (exact) mass is 388 g/mol. The highest BCUT2D eigenvalue weighted by Gasteiger charge is 2.13. The van der Waals surface area contributed by atoms with Crippen LogP contribution in [0.3, 0.4) is 0 Å². The van der Waals surface area contributed by atoms with Crippen molar-refractivity contribution in [3.8, 4) is 11.8 Å². The molecule has 10 nitrogen and oxygen atoms in total. The van der Waals surface area contributed by atoms with Crippen LogP contribution in [-0.2, 0) is 14.3 Å². The maximum Gasteiger partial charge on any atom is 0.325 e. The molecule has 2 amide bonds. The van der Waals surface area contributed by atoms with Crippen LogP contribution < -0.4 is 20.1 Å². The topological polar surface area (TPSA) is 129 Å². The minimum Gasteiger partial charge on any atom is -0.481 e. The van der Waals surface area contributed by atoms with Crippen LogP contribution in [0.25, 0.3) is 0 Å². The molecular weight excluding hydrogens is 368 g/mol. The molecule has 0 saturated carbocycles. The van der Waals surface area contributed by atoms with E-state index in [1.165, 1.54) is 20.3 Å². The number of nitrogens with zero attached hydrogens (tertiary/aromatic N) is 2. The first-order chi connectivity index (χ1) is 13.4. The van der Waals surface area contributed by atoms with E-state index in [4.69, 9.17) is 14.2 Å². The van der Waals surface area contributed by atoms with Crippen molar-refractivity contribution >= 4 is 23.7 Å². The van der Waals surface area contributed by atoms with Crippen molar-refractivity contribution in [2.75, 3.05) is 32.7 Å². The number of nitrogens with one attached hydrogen (secondary N) is 2. The number of anilines is 1. The van der Waals surface area contributed by atoms with Gasteiger partial charge in [-0.15, -0.1) is 0 Å². The summed E-state index contributed by atoms with van der Waals surface area (Å²) in [5.41, 5.74) is 1.43. The van der Waals surface area contributed by atoms with E-state index in [0.29, 0.717) is 5.56 Å². The predicted molar refractivity (Wildman–Crippen MR) is 98.2 cm³/mol. The Morgan fingerprint density at radius 2 is 1.61 bits per heavy atom. The molecule has 1 heterocycles. The maximum atomic E-state index is 11.9. The SMILES string of the molecule is COc1cc(OC)nc(NC(=O)COC(=O)CNC(=O)c2ccc(C)cc2)n1. The summed E-state index contributed by atoms with van der Waals surface area (Å²) in [6, 6.07) is 8.30. The molecule has 1 aromatic heterocycles. The lowest BCUT2D eigenvalue weighted by molar-refractivity contribution is -0.146. The third kappa shape index (κ3) is 6.24. The number of ether oxygens (including phenoxy) is 3. The molecule has 0 aliphatic rings. The molecular formula is C18H20N4O6. The van der Waals surface area contributed by atoms with Gasteiger partial charge in [-0.3, -0.25) is 19.7 Å². The lowest BCUT2D eigenvalue weighted by atomic mass is 10.1. The number of methoxy groups -OCH3 is 2. The van der Waals surface area contributed by atoms with Crippen LogP contribution in [0.15, 0.2) is 30.3 Å². The highest BCUT2D eigenvalue weighted by atomic mass is 16.5. The summed E-state index contributed by atoms with van der Waals surface area (Å²) in [6.07, 6.45) is 0. The Morgan fingerprint density at radius 3 is 2.18 bits per heavy atom. The summed E-state index contributed by atoms with van der Waals surface area (Å²) in [4.78, 5) is 43.3. The van der Waals surface area contributed by atoms with Gasteiger partial charge in [0.1, 0.15) is 6.54 Å². The zero-order valence-corrected chi connectivity index (χ0v) is 15.6. The Morgan fingerprint density at radius 1 is 1.00 bits per heavy atom. The predicted octanol–water partition coefficient (Wildman–Crippen LogP) is 0.714. The number of aryl methyl sites for hydroxylation is 1. The van der Waals surface area contributed by atoms with Crippen molar-refractivity contribution in [1.82, 2.24) is 15.3 Å². The maximum absolute atomic E-state index is 11.9. The number of carbonyl (C=O) groups is 3. The second-order valence-electron chi connectivity index (χ2n) is 5.53. The van der Waals surface area contributed by atoms with Crippen molar-refractivity contribution in [2.24, 2.45) is 0 Å². The van der Waals surface area contributed by atoms with Gasteiger partial charge in [-0.25, -0.2) is 0 Å². The van der Waals surface area contributed by atoms with Gasteiger partial charge >= 0.3 is 5.97 Å². The minimum absolute atomic E-state index is 0.0649. The fraction of sp³-hybridized carbons (Fsp3) is 0.278. The molecule has 2 aromatic rings. The molecule has 0 aliphatic carbocycles. The van der Waals surface area contributed by atoms with E-state index >= 15 is 0 Å². The standard InChI is InChI=1S/C18H20N4O6/c1-11-4-6-12(7-5-11)17(25)19-9-16(24)28-10-13(23)20-18-21-14(26-2)8-15(22-18)27-3/h4-8H,9-10H2,1-3H3,(H,19,25)(H,20,21,22,23). The quantitative estimate of drug-likeness (QED) is 0.633. The van der Waals surface area contributed by atoms with Gasteiger partial charge in [-0.2, -0.15) is 9.97 Å². The van der Waals surface area contributed by atoms with Crippen LogP contribution in [0.1, 0.15) is 15.9 Å². The summed E-state index contributed by atoms with van der Waals surface area (Å²) in [5, 5.41) is 4.78. The number of rotatable bonds is 8. The third-order valence-electron chi connectivity index (χ3n) is 3.42. The molecule has 0 fully saturated rings. The Bertz CT molecular complexity index is 831. The molecule has 0 radical (unpaired) electrons. The Hall–Kier alpha value is -3.69. The van der Waals surface area contributed by atoms with Crippen LogP contribution in [0.4, 0.5) is 5.95 Å². The second-order valence-corrected chi connectivity index (χ2v) is 5.53. The van der Waals surface area contributed by atoms with Crippen molar-refractivity contribution in [1.29, 1.82) is 0 Å². The van der Waals surface area contributed by atoms with Crippen LogP contribution >= 0.6 is 0 Å². The van der Waals surface area contributed by atoms with Gasteiger partial charge in [0.2, 0.25) is 17.7 Å². The first-order valence-electron chi connectivity index (χ1n) is 8.18. The van der Waals surface area contributed by atoms with Crippen LogP contribution in [-0.4, -0.2) is 55.1 Å². The summed E-state index contributed by atoms with van der Waals surface area (Å²) in [7, 11) is 2.81. The zero-order chi connectivity index (χ0) is 20.5. The molecule has 10 heteroatoms. The van der Waals surface area contributed by atoms with Crippen LogP contribution in [0.5, 0.6) is 11.8 Å². The minimum atomic E-state index is -0.764. The van der Waals surface area contributed by atoms with E-state index in [1.54, 1.807) is 24.3 Å². The second kappa shape index (κ2) is 9.86. The normalized spacial score (nSPS) is 9.96. The van der Waals surface area contributed by atoms with Gasteiger partial charge in [0, 0.05) is 5.56 Å². The molecule has 1 aromatic carbocycles. The van der Waals surface area contributed by atoms with E-state index < -0.39 is 24.4 Å². The summed E-state index contributed by atoms with van der Waals surface area (Å²) >= 11 is 0. The molecule has 0 saturated heterocycles. The first kappa shape index (κ1) is 20.6.